The smallest absolute Gasteiger partial charge is 0.264 e. The van der Waals surface area contributed by atoms with Gasteiger partial charge in [0.25, 0.3) is 10.0 Å². The van der Waals surface area contributed by atoms with E-state index in [2.05, 4.69) is 37.2 Å². The van der Waals surface area contributed by atoms with Crippen LogP contribution in [0.3, 0.4) is 0 Å². The van der Waals surface area contributed by atoms with E-state index in [1.165, 1.54) is 17.0 Å². The average Bonchev–Trinajstić information content (AvgIpc) is 3.03. The monoisotopic (exact) mass is 739 g/mol. The molecule has 0 saturated carbocycles. The number of sulfonamides is 1. The number of benzene rings is 4. The summed E-state index contributed by atoms with van der Waals surface area (Å²) in [6, 6.07) is 30.8. The van der Waals surface area contributed by atoms with Crippen LogP contribution in [0.1, 0.15) is 31.4 Å². The van der Waals surface area contributed by atoms with Crippen LogP contribution in [-0.4, -0.2) is 43.8 Å². The Morgan fingerprint density at radius 2 is 1.43 bits per heavy atom. The van der Waals surface area contributed by atoms with Gasteiger partial charge in [0, 0.05) is 28.0 Å². The van der Waals surface area contributed by atoms with E-state index in [0.717, 1.165) is 26.3 Å². The zero-order valence-corrected chi connectivity index (χ0v) is 28.6. The molecule has 0 aliphatic rings. The highest BCUT2D eigenvalue weighted by Gasteiger charge is 2.35. The average molecular weight is 742 g/mol. The van der Waals surface area contributed by atoms with Crippen molar-refractivity contribution in [3.8, 4) is 0 Å². The Labute approximate surface area is 276 Å². The maximum Gasteiger partial charge on any atom is 0.264 e. The van der Waals surface area contributed by atoms with Gasteiger partial charge in [0.1, 0.15) is 12.6 Å². The highest BCUT2D eigenvalue weighted by atomic mass is 79.9. The zero-order chi connectivity index (χ0) is 31.7. The van der Waals surface area contributed by atoms with Crippen molar-refractivity contribution in [2.75, 3.05) is 10.8 Å². The molecule has 2 amide bonds. The molecule has 0 heterocycles. The van der Waals surface area contributed by atoms with Crippen molar-refractivity contribution in [3.05, 3.63) is 129 Å². The quantitative estimate of drug-likeness (QED) is 0.161. The van der Waals surface area contributed by atoms with E-state index in [0.29, 0.717) is 10.2 Å². The number of anilines is 1. The van der Waals surface area contributed by atoms with E-state index in [4.69, 9.17) is 0 Å². The Hall–Kier alpha value is -3.47. The topological polar surface area (TPSA) is 86.8 Å². The van der Waals surface area contributed by atoms with Crippen LogP contribution in [0, 0.1) is 0 Å². The standard InChI is InChI=1S/C34H35Br2N3O4S/c1-3-25(2)37-34(41)32(21-26-11-6-4-7-12-26)38(23-27-17-19-28(35)20-18-27)33(40)24-39(30-14-10-13-29(36)22-30)44(42,43)31-15-8-5-9-16-31/h4-20,22,25,32H,3,21,23-24H2,1-2H3,(H,37,41)/t25-,32-/m0/s1. The van der Waals surface area contributed by atoms with Crippen molar-refractivity contribution < 1.29 is 18.0 Å². The van der Waals surface area contributed by atoms with Crippen LogP contribution in [0.2, 0.25) is 0 Å². The second-order valence-corrected chi connectivity index (χ2v) is 14.2. The number of nitrogens with one attached hydrogen (secondary N) is 1. The first kappa shape index (κ1) is 33.4. The third kappa shape index (κ3) is 8.80. The molecule has 0 aromatic heterocycles. The lowest BCUT2D eigenvalue weighted by Gasteiger charge is -2.34. The number of hydrogen-bond acceptors (Lipinski definition) is 4. The number of rotatable bonds is 13. The summed E-state index contributed by atoms with van der Waals surface area (Å²) in [7, 11) is -4.15. The van der Waals surface area contributed by atoms with E-state index in [-0.39, 0.29) is 29.8 Å². The van der Waals surface area contributed by atoms with Crippen LogP contribution in [0.25, 0.3) is 0 Å². The molecule has 4 aromatic carbocycles. The molecule has 1 N–H and O–H groups in total. The first-order chi connectivity index (χ1) is 21.1. The van der Waals surface area contributed by atoms with Gasteiger partial charge in [-0.3, -0.25) is 13.9 Å². The summed E-state index contributed by atoms with van der Waals surface area (Å²) in [6.07, 6.45) is 0.976. The molecule has 0 bridgehead atoms. The van der Waals surface area contributed by atoms with Gasteiger partial charge in [-0.2, -0.15) is 0 Å². The van der Waals surface area contributed by atoms with Crippen molar-refractivity contribution in [2.45, 2.75) is 50.2 Å². The molecule has 0 radical (unpaired) electrons. The lowest BCUT2D eigenvalue weighted by Crippen LogP contribution is -2.54. The van der Waals surface area contributed by atoms with Crippen molar-refractivity contribution in [1.82, 2.24) is 10.2 Å². The summed E-state index contributed by atoms with van der Waals surface area (Å²) >= 11 is 6.89. The molecule has 2 atom stereocenters. The minimum absolute atomic E-state index is 0.0579. The molecular weight excluding hydrogens is 706 g/mol. The van der Waals surface area contributed by atoms with Gasteiger partial charge in [-0.25, -0.2) is 8.42 Å². The fourth-order valence-corrected chi connectivity index (χ4v) is 6.74. The maximum atomic E-state index is 14.5. The molecule has 0 spiro atoms. The Bertz CT molecular complexity index is 1650. The molecule has 0 aliphatic carbocycles. The number of nitrogens with zero attached hydrogens (tertiary/aromatic N) is 2. The van der Waals surface area contributed by atoms with Gasteiger partial charge >= 0.3 is 0 Å². The molecule has 0 saturated heterocycles. The third-order valence-electron chi connectivity index (χ3n) is 7.24. The predicted octanol–water partition coefficient (Wildman–Crippen LogP) is 6.96. The summed E-state index contributed by atoms with van der Waals surface area (Å²) in [5.41, 5.74) is 2.01. The largest absolute Gasteiger partial charge is 0.352 e. The second kappa shape index (κ2) is 15.5. The first-order valence-electron chi connectivity index (χ1n) is 14.3. The van der Waals surface area contributed by atoms with Crippen molar-refractivity contribution in [3.63, 3.8) is 0 Å². The van der Waals surface area contributed by atoms with Gasteiger partial charge < -0.3 is 10.2 Å². The van der Waals surface area contributed by atoms with Crippen LogP contribution in [0.5, 0.6) is 0 Å². The zero-order valence-electron chi connectivity index (χ0n) is 24.6. The molecule has 10 heteroatoms. The highest BCUT2D eigenvalue weighted by Crippen LogP contribution is 2.27. The summed E-state index contributed by atoms with van der Waals surface area (Å²) in [6.45, 7) is 3.49. The van der Waals surface area contributed by atoms with Crippen molar-refractivity contribution >= 4 is 59.4 Å². The summed E-state index contributed by atoms with van der Waals surface area (Å²) in [5.74, 6) is -0.804. The molecule has 0 fully saturated rings. The number of amides is 2. The van der Waals surface area contributed by atoms with Crippen molar-refractivity contribution in [1.29, 1.82) is 0 Å². The number of hydrogen-bond donors (Lipinski definition) is 1. The molecule has 44 heavy (non-hydrogen) atoms. The Kier molecular flexibility index (Phi) is 11.8. The van der Waals surface area contributed by atoms with E-state index in [1.54, 1.807) is 42.5 Å². The van der Waals surface area contributed by atoms with Gasteiger partial charge in [-0.05, 0) is 66.9 Å². The van der Waals surface area contributed by atoms with Crippen LogP contribution in [0.4, 0.5) is 5.69 Å². The van der Waals surface area contributed by atoms with Gasteiger partial charge in [0.15, 0.2) is 0 Å². The summed E-state index contributed by atoms with van der Waals surface area (Å²) in [4.78, 5) is 29.9. The van der Waals surface area contributed by atoms with Gasteiger partial charge in [-0.15, -0.1) is 0 Å². The number of carbonyl (C=O) groups excluding carboxylic acids is 2. The van der Waals surface area contributed by atoms with Crippen LogP contribution < -0.4 is 9.62 Å². The third-order valence-corrected chi connectivity index (χ3v) is 10.1. The Balaban J connectivity index is 1.80. The lowest BCUT2D eigenvalue weighted by atomic mass is 10.0. The minimum Gasteiger partial charge on any atom is -0.352 e. The Morgan fingerprint density at radius 3 is 2.05 bits per heavy atom. The second-order valence-electron chi connectivity index (χ2n) is 10.5. The van der Waals surface area contributed by atoms with Crippen molar-refractivity contribution in [2.24, 2.45) is 0 Å². The number of carbonyl (C=O) groups is 2. The highest BCUT2D eigenvalue weighted by molar-refractivity contribution is 9.10. The van der Waals surface area contributed by atoms with Crippen LogP contribution >= 0.6 is 31.9 Å². The summed E-state index contributed by atoms with van der Waals surface area (Å²) in [5, 5.41) is 3.05. The fourth-order valence-electron chi connectivity index (χ4n) is 4.66. The normalized spacial score (nSPS) is 12.6. The lowest BCUT2D eigenvalue weighted by molar-refractivity contribution is -0.140. The molecule has 7 nitrogen and oxygen atoms in total. The maximum absolute atomic E-state index is 14.5. The van der Waals surface area contributed by atoms with Gasteiger partial charge in [0.05, 0.1) is 10.6 Å². The van der Waals surface area contributed by atoms with E-state index < -0.39 is 28.5 Å². The van der Waals surface area contributed by atoms with E-state index in [9.17, 15) is 18.0 Å². The molecule has 4 rings (SSSR count). The van der Waals surface area contributed by atoms with Gasteiger partial charge in [-0.1, -0.05) is 106 Å². The minimum atomic E-state index is -4.15. The first-order valence-corrected chi connectivity index (χ1v) is 17.3. The molecule has 230 valence electrons. The van der Waals surface area contributed by atoms with E-state index in [1.807, 2.05) is 68.4 Å². The Morgan fingerprint density at radius 1 is 0.795 bits per heavy atom. The van der Waals surface area contributed by atoms with Gasteiger partial charge in [0.2, 0.25) is 11.8 Å². The fraction of sp³-hybridized carbons (Fsp3) is 0.235. The molecule has 0 aliphatic heterocycles. The molecular formula is C34H35Br2N3O4S. The molecule has 4 aromatic rings. The predicted molar refractivity (Wildman–Crippen MR) is 182 cm³/mol. The molecule has 0 unspecified atom stereocenters. The SMILES string of the molecule is CC[C@H](C)NC(=O)[C@H](Cc1ccccc1)N(Cc1ccc(Br)cc1)C(=O)CN(c1cccc(Br)c1)S(=O)(=O)c1ccccc1. The van der Waals surface area contributed by atoms with Crippen LogP contribution in [0.15, 0.2) is 123 Å². The summed E-state index contributed by atoms with van der Waals surface area (Å²) < 4.78 is 30.7. The number of halogens is 2. The van der Waals surface area contributed by atoms with Crippen LogP contribution in [-0.2, 0) is 32.6 Å². The van der Waals surface area contributed by atoms with E-state index >= 15 is 0 Å².